The molecule has 0 aliphatic carbocycles. The van der Waals surface area contributed by atoms with Gasteiger partial charge in [-0.15, -0.1) is 0 Å². The molecule has 2 rings (SSSR count). The maximum absolute atomic E-state index is 12.3. The molecule has 0 aromatic carbocycles. The van der Waals surface area contributed by atoms with E-state index in [-0.39, 0.29) is 18.5 Å². The van der Waals surface area contributed by atoms with Crippen LogP contribution in [0.2, 0.25) is 0 Å². The average Bonchev–Trinajstić information content (AvgIpc) is 3.06. The summed E-state index contributed by atoms with van der Waals surface area (Å²) in [5.41, 5.74) is 0. The van der Waals surface area contributed by atoms with Crippen LogP contribution in [-0.4, -0.2) is 105 Å². The Balaban J connectivity index is 1.72. The van der Waals surface area contributed by atoms with Crippen molar-refractivity contribution < 1.29 is 14.3 Å². The quantitative estimate of drug-likeness (QED) is 0.652. The first-order chi connectivity index (χ1) is 10.5. The predicted molar refractivity (Wildman–Crippen MR) is 83.7 cm³/mol. The molecule has 3 amide bonds. The second kappa shape index (κ2) is 7.78. The summed E-state index contributed by atoms with van der Waals surface area (Å²) in [5.74, 6) is 0.543. The summed E-state index contributed by atoms with van der Waals surface area (Å²) in [5, 5.41) is 0. The highest BCUT2D eigenvalue weighted by Gasteiger charge is 2.29. The lowest BCUT2D eigenvalue weighted by molar-refractivity contribution is -0.130. The average molecular weight is 312 g/mol. The van der Waals surface area contributed by atoms with E-state index in [1.165, 1.54) is 0 Å². The van der Waals surface area contributed by atoms with E-state index >= 15 is 0 Å². The molecule has 0 unspecified atom stereocenters. The van der Waals surface area contributed by atoms with Crippen molar-refractivity contribution in [2.24, 2.45) is 5.92 Å². The third-order valence-electron chi connectivity index (χ3n) is 4.57. The van der Waals surface area contributed by atoms with Crippen molar-refractivity contribution in [1.82, 2.24) is 19.6 Å². The number of carbonyl (C=O) groups excluding carboxylic acids is 2. The number of urea groups is 1. The summed E-state index contributed by atoms with van der Waals surface area (Å²) < 4.78 is 5.10. The van der Waals surface area contributed by atoms with Crippen LogP contribution in [0, 0.1) is 5.92 Å². The highest BCUT2D eigenvalue weighted by Crippen LogP contribution is 2.17. The standard InChI is InChI=1S/C15H28N4O3/c1-16-6-7-19(15(16)21)12-14(20)17(2)10-13-4-5-18(11-13)8-9-22-3/h13H,4-12H2,1-3H3/t13-/m1/s1. The Morgan fingerprint density at radius 3 is 2.77 bits per heavy atom. The number of likely N-dealkylation sites (tertiary alicyclic amines) is 1. The topological polar surface area (TPSA) is 56.3 Å². The highest BCUT2D eigenvalue weighted by atomic mass is 16.5. The van der Waals surface area contributed by atoms with Gasteiger partial charge < -0.3 is 24.3 Å². The Hall–Kier alpha value is -1.34. The lowest BCUT2D eigenvalue weighted by Crippen LogP contribution is -2.42. The molecule has 7 nitrogen and oxygen atoms in total. The first-order valence-corrected chi connectivity index (χ1v) is 7.96. The summed E-state index contributed by atoms with van der Waals surface area (Å²) in [7, 11) is 5.32. The maximum Gasteiger partial charge on any atom is 0.320 e. The van der Waals surface area contributed by atoms with Crippen LogP contribution in [0.15, 0.2) is 0 Å². The predicted octanol–water partition coefficient (Wildman–Crippen LogP) is -0.219. The lowest BCUT2D eigenvalue weighted by Gasteiger charge is -2.24. The van der Waals surface area contributed by atoms with Gasteiger partial charge in [0, 0.05) is 53.9 Å². The Morgan fingerprint density at radius 2 is 2.14 bits per heavy atom. The molecule has 7 heteroatoms. The number of rotatable bonds is 7. The molecule has 0 aromatic rings. The van der Waals surface area contributed by atoms with Crippen LogP contribution in [0.5, 0.6) is 0 Å². The second-order valence-electron chi connectivity index (χ2n) is 6.35. The zero-order chi connectivity index (χ0) is 16.1. The molecule has 0 aromatic heterocycles. The number of likely N-dealkylation sites (N-methyl/N-ethyl adjacent to an activating group) is 2. The van der Waals surface area contributed by atoms with Crippen LogP contribution < -0.4 is 0 Å². The molecule has 2 fully saturated rings. The van der Waals surface area contributed by atoms with Gasteiger partial charge in [-0.25, -0.2) is 4.79 Å². The number of carbonyl (C=O) groups is 2. The number of nitrogens with zero attached hydrogens (tertiary/aromatic N) is 4. The SMILES string of the molecule is COCCN1CC[C@H](CN(C)C(=O)CN2CCN(C)C2=O)C1. The first kappa shape index (κ1) is 17.0. The maximum atomic E-state index is 12.3. The fourth-order valence-electron chi connectivity index (χ4n) is 3.11. The van der Waals surface area contributed by atoms with Crippen molar-refractivity contribution >= 4 is 11.9 Å². The lowest BCUT2D eigenvalue weighted by atomic mass is 10.1. The van der Waals surface area contributed by atoms with Gasteiger partial charge in [0.2, 0.25) is 5.91 Å². The summed E-state index contributed by atoms with van der Waals surface area (Å²) in [6, 6.07) is -0.0478. The summed E-state index contributed by atoms with van der Waals surface area (Å²) >= 11 is 0. The van der Waals surface area contributed by atoms with E-state index in [4.69, 9.17) is 4.74 Å². The molecule has 2 saturated heterocycles. The third-order valence-corrected chi connectivity index (χ3v) is 4.57. The smallest absolute Gasteiger partial charge is 0.320 e. The Labute approximate surface area is 132 Å². The van der Waals surface area contributed by atoms with Gasteiger partial charge in [0.1, 0.15) is 6.54 Å². The normalized spacial score (nSPS) is 22.7. The van der Waals surface area contributed by atoms with E-state index in [9.17, 15) is 9.59 Å². The summed E-state index contributed by atoms with van der Waals surface area (Å²) in [6.07, 6.45) is 1.12. The van der Waals surface area contributed by atoms with Gasteiger partial charge in [-0.3, -0.25) is 4.79 Å². The van der Waals surface area contributed by atoms with Crippen LogP contribution in [0.3, 0.4) is 0 Å². The molecule has 0 saturated carbocycles. The molecule has 0 N–H and O–H groups in total. The highest BCUT2D eigenvalue weighted by molar-refractivity contribution is 5.84. The molecule has 2 heterocycles. The van der Waals surface area contributed by atoms with Gasteiger partial charge >= 0.3 is 6.03 Å². The molecular weight excluding hydrogens is 284 g/mol. The Bertz CT molecular complexity index is 404. The van der Waals surface area contributed by atoms with E-state index in [1.807, 2.05) is 7.05 Å². The molecule has 2 aliphatic heterocycles. The Morgan fingerprint density at radius 1 is 1.36 bits per heavy atom. The van der Waals surface area contributed by atoms with E-state index in [2.05, 4.69) is 4.90 Å². The molecule has 0 radical (unpaired) electrons. The zero-order valence-corrected chi connectivity index (χ0v) is 14.0. The van der Waals surface area contributed by atoms with Crippen LogP contribution >= 0.6 is 0 Å². The largest absolute Gasteiger partial charge is 0.383 e. The molecule has 0 spiro atoms. The van der Waals surface area contributed by atoms with E-state index in [0.717, 1.165) is 39.2 Å². The molecule has 1 atom stereocenters. The molecule has 22 heavy (non-hydrogen) atoms. The fraction of sp³-hybridized carbons (Fsp3) is 0.867. The van der Waals surface area contributed by atoms with Crippen molar-refractivity contribution in [3.8, 4) is 0 Å². The van der Waals surface area contributed by atoms with Gasteiger partial charge in [0.05, 0.1) is 6.61 Å². The summed E-state index contributed by atoms with van der Waals surface area (Å²) in [6.45, 7) is 6.11. The van der Waals surface area contributed by atoms with Crippen LogP contribution in [0.4, 0.5) is 4.79 Å². The number of methoxy groups -OCH3 is 1. The third kappa shape index (κ3) is 4.33. The van der Waals surface area contributed by atoms with Gasteiger partial charge in [-0.1, -0.05) is 0 Å². The van der Waals surface area contributed by atoms with E-state index < -0.39 is 0 Å². The minimum Gasteiger partial charge on any atom is -0.383 e. The minimum atomic E-state index is -0.0478. The van der Waals surface area contributed by atoms with E-state index in [1.54, 1.807) is 28.9 Å². The van der Waals surface area contributed by atoms with Crippen molar-refractivity contribution in [2.45, 2.75) is 6.42 Å². The monoisotopic (exact) mass is 312 g/mol. The first-order valence-electron chi connectivity index (χ1n) is 7.96. The van der Waals surface area contributed by atoms with Crippen LogP contribution in [-0.2, 0) is 9.53 Å². The van der Waals surface area contributed by atoms with Crippen molar-refractivity contribution in [3.05, 3.63) is 0 Å². The number of amides is 3. The number of hydrogen-bond acceptors (Lipinski definition) is 4. The van der Waals surface area contributed by atoms with Gasteiger partial charge in [-0.2, -0.15) is 0 Å². The fourth-order valence-corrected chi connectivity index (χ4v) is 3.11. The van der Waals surface area contributed by atoms with Crippen molar-refractivity contribution in [2.75, 3.05) is 73.6 Å². The summed E-state index contributed by atoms with van der Waals surface area (Å²) in [4.78, 5) is 31.5. The van der Waals surface area contributed by atoms with Gasteiger partial charge in [0.25, 0.3) is 0 Å². The molecule has 0 bridgehead atoms. The number of ether oxygens (including phenoxy) is 1. The molecule has 2 aliphatic rings. The minimum absolute atomic E-state index is 0.0268. The van der Waals surface area contributed by atoms with Crippen molar-refractivity contribution in [3.63, 3.8) is 0 Å². The Kier molecular flexibility index (Phi) is 6.02. The molecule has 126 valence electrons. The van der Waals surface area contributed by atoms with Gasteiger partial charge in [-0.05, 0) is 18.9 Å². The van der Waals surface area contributed by atoms with Gasteiger partial charge in [0.15, 0.2) is 0 Å². The number of hydrogen-bond donors (Lipinski definition) is 0. The van der Waals surface area contributed by atoms with E-state index in [0.29, 0.717) is 19.0 Å². The second-order valence-corrected chi connectivity index (χ2v) is 6.35. The molecular formula is C15H28N4O3. The van der Waals surface area contributed by atoms with Crippen LogP contribution in [0.25, 0.3) is 0 Å². The van der Waals surface area contributed by atoms with Crippen LogP contribution in [0.1, 0.15) is 6.42 Å². The van der Waals surface area contributed by atoms with Crippen molar-refractivity contribution in [1.29, 1.82) is 0 Å². The zero-order valence-electron chi connectivity index (χ0n) is 14.0.